The Morgan fingerprint density at radius 1 is 1.19 bits per heavy atom. The lowest BCUT2D eigenvalue weighted by atomic mass is 9.98. The molecule has 0 saturated heterocycles. The van der Waals surface area contributed by atoms with E-state index in [4.69, 9.17) is 9.68 Å². The summed E-state index contributed by atoms with van der Waals surface area (Å²) >= 11 is 0. The molecule has 0 aliphatic heterocycles. The van der Waals surface area contributed by atoms with Crippen molar-refractivity contribution >= 4 is 17.8 Å². The average Bonchev–Trinajstić information content (AvgIpc) is 2.64. The molecule has 2 aromatic carbocycles. The number of amides is 1. The number of rotatable bonds is 7. The highest BCUT2D eigenvalue weighted by atomic mass is 16.6. The molecule has 1 N–H and O–H groups in total. The van der Waals surface area contributed by atoms with Crippen LogP contribution in [-0.2, 0) is 21.1 Å². The Kier molecular flexibility index (Phi) is 6.91. The third-order valence-electron chi connectivity index (χ3n) is 3.82. The van der Waals surface area contributed by atoms with Crippen molar-refractivity contribution in [2.45, 2.75) is 20.5 Å². The fourth-order valence-electron chi connectivity index (χ4n) is 2.49. The molecule has 0 aliphatic rings. The van der Waals surface area contributed by atoms with Crippen molar-refractivity contribution in [2.75, 3.05) is 14.2 Å². The van der Waals surface area contributed by atoms with E-state index in [1.54, 1.807) is 13.3 Å². The van der Waals surface area contributed by atoms with Gasteiger partial charge < -0.3 is 15.0 Å². The maximum Gasteiger partial charge on any atom is 0.273 e. The van der Waals surface area contributed by atoms with Gasteiger partial charge in [0.2, 0.25) is 0 Å². The standard InChI is InChI=1S/C20H23N3O3/c1-14-7-5-9-16(11-14)12-22-26-13-18-15(2)8-6-10-17(18)19(23-25-4)20(24)21-3/h5-12H,13H2,1-4H3,(H,21,24)/b22-12+,23-19+. The minimum Gasteiger partial charge on any atom is -0.398 e. The van der Waals surface area contributed by atoms with Crippen LogP contribution in [0.4, 0.5) is 0 Å². The molecular formula is C20H23N3O3. The molecule has 2 rings (SSSR count). The third kappa shape index (κ3) is 4.92. The van der Waals surface area contributed by atoms with Crippen LogP contribution >= 0.6 is 0 Å². The van der Waals surface area contributed by atoms with Crippen molar-refractivity contribution in [1.29, 1.82) is 0 Å². The van der Waals surface area contributed by atoms with Crippen molar-refractivity contribution in [3.05, 3.63) is 70.3 Å². The van der Waals surface area contributed by atoms with Gasteiger partial charge in [0.05, 0.1) is 6.21 Å². The molecular weight excluding hydrogens is 330 g/mol. The lowest BCUT2D eigenvalue weighted by Crippen LogP contribution is -2.29. The Bertz CT molecular complexity index is 829. The largest absolute Gasteiger partial charge is 0.398 e. The predicted molar refractivity (Wildman–Crippen MR) is 102 cm³/mol. The van der Waals surface area contributed by atoms with Crippen LogP contribution in [0.15, 0.2) is 52.8 Å². The fraction of sp³-hybridized carbons (Fsp3) is 0.250. The van der Waals surface area contributed by atoms with Crippen molar-refractivity contribution < 1.29 is 14.5 Å². The summed E-state index contributed by atoms with van der Waals surface area (Å²) in [6.45, 7) is 4.18. The first-order valence-corrected chi connectivity index (χ1v) is 8.21. The summed E-state index contributed by atoms with van der Waals surface area (Å²) in [5.74, 6) is -0.332. The smallest absolute Gasteiger partial charge is 0.273 e. The van der Waals surface area contributed by atoms with Crippen LogP contribution < -0.4 is 5.32 Å². The summed E-state index contributed by atoms with van der Waals surface area (Å²) in [5.41, 5.74) is 4.76. The number of hydrogen-bond acceptors (Lipinski definition) is 5. The number of nitrogens with one attached hydrogen (secondary N) is 1. The Hall–Kier alpha value is -3.15. The van der Waals surface area contributed by atoms with Gasteiger partial charge in [0.25, 0.3) is 5.91 Å². The molecule has 0 unspecified atom stereocenters. The van der Waals surface area contributed by atoms with E-state index < -0.39 is 0 Å². The molecule has 0 radical (unpaired) electrons. The number of oxime groups is 2. The summed E-state index contributed by atoms with van der Waals surface area (Å²) in [7, 11) is 2.95. The van der Waals surface area contributed by atoms with E-state index in [1.807, 2.05) is 56.3 Å². The molecule has 0 saturated carbocycles. The van der Waals surface area contributed by atoms with Crippen molar-refractivity contribution in [3.63, 3.8) is 0 Å². The van der Waals surface area contributed by atoms with Gasteiger partial charge in [0, 0.05) is 18.2 Å². The summed E-state index contributed by atoms with van der Waals surface area (Å²) in [6.07, 6.45) is 1.66. The van der Waals surface area contributed by atoms with E-state index in [-0.39, 0.29) is 18.2 Å². The van der Waals surface area contributed by atoms with Crippen LogP contribution in [0.5, 0.6) is 0 Å². The topological polar surface area (TPSA) is 72.3 Å². The monoisotopic (exact) mass is 353 g/mol. The number of aryl methyl sites for hydroxylation is 2. The van der Waals surface area contributed by atoms with E-state index in [0.29, 0.717) is 5.56 Å². The molecule has 136 valence electrons. The highest BCUT2D eigenvalue weighted by Crippen LogP contribution is 2.17. The SMILES string of the molecule is CNC(=O)/C(=N/OC)c1cccc(C)c1CO/N=C/c1cccc(C)c1. The quantitative estimate of drug-likeness (QED) is 0.614. The first-order chi connectivity index (χ1) is 12.6. The van der Waals surface area contributed by atoms with E-state index in [0.717, 1.165) is 22.3 Å². The molecule has 6 nitrogen and oxygen atoms in total. The van der Waals surface area contributed by atoms with Gasteiger partial charge in [-0.2, -0.15) is 0 Å². The second-order valence-electron chi connectivity index (χ2n) is 5.72. The minimum atomic E-state index is -0.332. The number of hydrogen-bond donors (Lipinski definition) is 1. The Morgan fingerprint density at radius 3 is 2.65 bits per heavy atom. The molecule has 6 heteroatoms. The van der Waals surface area contributed by atoms with Crippen LogP contribution in [-0.4, -0.2) is 32.0 Å². The normalized spacial score (nSPS) is 11.5. The molecule has 0 heterocycles. The molecule has 26 heavy (non-hydrogen) atoms. The van der Waals surface area contributed by atoms with Crippen molar-refractivity contribution in [2.24, 2.45) is 10.3 Å². The molecule has 0 atom stereocenters. The van der Waals surface area contributed by atoms with Gasteiger partial charge in [-0.15, -0.1) is 0 Å². The highest BCUT2D eigenvalue weighted by Gasteiger charge is 2.19. The summed E-state index contributed by atoms with van der Waals surface area (Å²) in [4.78, 5) is 22.4. The Balaban J connectivity index is 2.21. The van der Waals surface area contributed by atoms with Gasteiger partial charge in [-0.1, -0.05) is 58.3 Å². The van der Waals surface area contributed by atoms with Gasteiger partial charge >= 0.3 is 0 Å². The van der Waals surface area contributed by atoms with E-state index in [9.17, 15) is 4.79 Å². The van der Waals surface area contributed by atoms with Gasteiger partial charge in [-0.25, -0.2) is 0 Å². The highest BCUT2D eigenvalue weighted by molar-refractivity contribution is 6.45. The molecule has 1 amide bonds. The zero-order valence-corrected chi connectivity index (χ0v) is 15.4. The lowest BCUT2D eigenvalue weighted by molar-refractivity contribution is -0.114. The maximum absolute atomic E-state index is 12.1. The Morgan fingerprint density at radius 2 is 1.96 bits per heavy atom. The van der Waals surface area contributed by atoms with Crippen LogP contribution in [0, 0.1) is 13.8 Å². The van der Waals surface area contributed by atoms with Gasteiger partial charge in [0.15, 0.2) is 5.71 Å². The second-order valence-corrected chi connectivity index (χ2v) is 5.72. The summed E-state index contributed by atoms with van der Waals surface area (Å²) < 4.78 is 0. The molecule has 0 aromatic heterocycles. The predicted octanol–water partition coefficient (Wildman–Crippen LogP) is 2.95. The fourth-order valence-corrected chi connectivity index (χ4v) is 2.49. The molecule has 0 aliphatic carbocycles. The van der Waals surface area contributed by atoms with Crippen LogP contribution in [0.1, 0.15) is 27.8 Å². The van der Waals surface area contributed by atoms with Crippen LogP contribution in [0.2, 0.25) is 0 Å². The van der Waals surface area contributed by atoms with Crippen LogP contribution in [0.3, 0.4) is 0 Å². The zero-order valence-electron chi connectivity index (χ0n) is 15.4. The number of benzene rings is 2. The number of carbonyl (C=O) groups is 1. The number of nitrogens with zero attached hydrogens (tertiary/aromatic N) is 2. The number of carbonyl (C=O) groups excluding carboxylic acids is 1. The van der Waals surface area contributed by atoms with Crippen molar-refractivity contribution in [1.82, 2.24) is 5.32 Å². The first kappa shape index (κ1) is 19.2. The summed E-state index contributed by atoms with van der Waals surface area (Å²) in [6, 6.07) is 13.6. The number of likely N-dealkylation sites (N-methyl/N-ethyl adjacent to an activating group) is 1. The molecule has 2 aromatic rings. The van der Waals surface area contributed by atoms with Crippen LogP contribution in [0.25, 0.3) is 0 Å². The molecule has 0 fully saturated rings. The maximum atomic E-state index is 12.1. The summed E-state index contributed by atoms with van der Waals surface area (Å²) in [5, 5.41) is 10.5. The third-order valence-corrected chi connectivity index (χ3v) is 3.82. The Labute approximate surface area is 153 Å². The van der Waals surface area contributed by atoms with Gasteiger partial charge in [-0.3, -0.25) is 4.79 Å². The second kappa shape index (κ2) is 9.36. The van der Waals surface area contributed by atoms with Gasteiger partial charge in [0.1, 0.15) is 13.7 Å². The molecule has 0 spiro atoms. The lowest BCUT2D eigenvalue weighted by Gasteiger charge is -2.12. The molecule has 0 bridgehead atoms. The van der Waals surface area contributed by atoms with E-state index in [2.05, 4.69) is 15.6 Å². The van der Waals surface area contributed by atoms with Crippen molar-refractivity contribution in [3.8, 4) is 0 Å². The minimum absolute atomic E-state index is 0.194. The average molecular weight is 353 g/mol. The van der Waals surface area contributed by atoms with Gasteiger partial charge in [-0.05, 0) is 25.0 Å². The first-order valence-electron chi connectivity index (χ1n) is 8.21. The van der Waals surface area contributed by atoms with E-state index in [1.165, 1.54) is 7.11 Å². The van der Waals surface area contributed by atoms with E-state index >= 15 is 0 Å². The zero-order chi connectivity index (χ0) is 18.9.